The molecule has 6 heteroatoms. The van der Waals surface area contributed by atoms with Crippen LogP contribution in [0.25, 0.3) is 0 Å². The maximum atomic E-state index is 13.3. The van der Waals surface area contributed by atoms with Crippen molar-refractivity contribution in [1.82, 2.24) is 10.5 Å². The van der Waals surface area contributed by atoms with Crippen molar-refractivity contribution in [2.24, 2.45) is 34.8 Å². The monoisotopic (exact) mass is 397 g/mol. The van der Waals surface area contributed by atoms with Crippen LogP contribution in [0.1, 0.15) is 86.4 Å². The van der Waals surface area contributed by atoms with Crippen molar-refractivity contribution in [2.75, 3.05) is 0 Å². The first kappa shape index (κ1) is 18.1. The van der Waals surface area contributed by atoms with Gasteiger partial charge in [0, 0.05) is 35.4 Å². The lowest BCUT2D eigenvalue weighted by Crippen LogP contribution is -2.69. The van der Waals surface area contributed by atoms with Gasteiger partial charge in [-0.15, -0.1) is 0 Å². The molecule has 0 spiro atoms. The number of carbonyl (C=O) groups is 2. The third kappa shape index (κ3) is 2.82. The number of carbonyl (C=O) groups excluding carboxylic acids is 2. The van der Waals surface area contributed by atoms with E-state index in [9.17, 15) is 9.59 Å². The fourth-order valence-corrected chi connectivity index (χ4v) is 7.29. The number of amides is 1. The second kappa shape index (κ2) is 6.40. The number of hydrogen-bond donors (Lipinski definition) is 2. The van der Waals surface area contributed by atoms with E-state index in [-0.39, 0.29) is 23.3 Å². The minimum absolute atomic E-state index is 0.0122. The largest absolute Gasteiger partial charge is 0.360 e. The van der Waals surface area contributed by atoms with Crippen LogP contribution in [0.15, 0.2) is 10.6 Å². The average molecular weight is 398 g/mol. The van der Waals surface area contributed by atoms with Crippen LogP contribution in [-0.2, 0) is 4.79 Å². The van der Waals surface area contributed by atoms with Gasteiger partial charge in [-0.05, 0) is 82.0 Å². The highest BCUT2D eigenvalue weighted by atomic mass is 16.5. The summed E-state index contributed by atoms with van der Waals surface area (Å²) in [7, 11) is 0. The Kier molecular flexibility index (Phi) is 4.00. The third-order valence-electron chi connectivity index (χ3n) is 8.79. The molecule has 5 atom stereocenters. The number of nitrogens with one attached hydrogen (secondary N) is 1. The Morgan fingerprint density at radius 3 is 2.41 bits per heavy atom. The van der Waals surface area contributed by atoms with E-state index in [0.29, 0.717) is 41.2 Å². The molecule has 1 aromatic rings. The van der Waals surface area contributed by atoms with Crippen molar-refractivity contribution in [3.05, 3.63) is 17.5 Å². The molecular formula is C23H31N3O3. The van der Waals surface area contributed by atoms with Gasteiger partial charge in [-0.2, -0.15) is 0 Å². The van der Waals surface area contributed by atoms with Crippen molar-refractivity contribution in [3.63, 3.8) is 0 Å². The van der Waals surface area contributed by atoms with E-state index in [4.69, 9.17) is 10.3 Å². The fraction of sp³-hybridized carbons (Fsp3) is 0.783. The van der Waals surface area contributed by atoms with Gasteiger partial charge in [0.15, 0.2) is 5.69 Å². The Bertz CT molecular complexity index is 820. The number of nitrogens with two attached hydrogens (primary N) is 1. The smallest absolute Gasteiger partial charge is 0.273 e. The van der Waals surface area contributed by atoms with E-state index >= 15 is 0 Å². The van der Waals surface area contributed by atoms with Gasteiger partial charge in [0.2, 0.25) is 0 Å². The van der Waals surface area contributed by atoms with Crippen molar-refractivity contribution in [1.29, 1.82) is 0 Å². The summed E-state index contributed by atoms with van der Waals surface area (Å²) < 4.78 is 5.32. The molecule has 1 heterocycles. The zero-order chi connectivity index (χ0) is 19.8. The molecule has 5 fully saturated rings. The summed E-state index contributed by atoms with van der Waals surface area (Å²) in [6, 6.07) is 2.31. The zero-order valence-corrected chi connectivity index (χ0v) is 16.9. The minimum Gasteiger partial charge on any atom is -0.360 e. The molecule has 5 aliphatic rings. The molecule has 2 unspecified atom stereocenters. The Hall–Kier alpha value is -1.69. The first-order chi connectivity index (χ1) is 14.0. The van der Waals surface area contributed by atoms with Crippen molar-refractivity contribution in [3.8, 4) is 0 Å². The molecule has 5 aliphatic carbocycles. The first-order valence-corrected chi connectivity index (χ1v) is 11.6. The van der Waals surface area contributed by atoms with E-state index < -0.39 is 0 Å². The molecule has 1 aromatic heterocycles. The summed E-state index contributed by atoms with van der Waals surface area (Å²) in [6.07, 6.45) is 10.3. The highest BCUT2D eigenvalue weighted by Crippen LogP contribution is 2.72. The Morgan fingerprint density at radius 2 is 1.76 bits per heavy atom. The molecule has 29 heavy (non-hydrogen) atoms. The van der Waals surface area contributed by atoms with Gasteiger partial charge in [-0.1, -0.05) is 5.16 Å². The molecule has 5 saturated carbocycles. The quantitative estimate of drug-likeness (QED) is 0.795. The lowest BCUT2D eigenvalue weighted by Gasteiger charge is -2.70. The normalized spacial score (nSPS) is 42.9. The highest BCUT2D eigenvalue weighted by molar-refractivity contribution is 5.92. The Balaban J connectivity index is 1.06. The topological polar surface area (TPSA) is 98.2 Å². The maximum Gasteiger partial charge on any atom is 0.273 e. The summed E-state index contributed by atoms with van der Waals surface area (Å²) in [6.45, 7) is 0. The van der Waals surface area contributed by atoms with Gasteiger partial charge in [-0.3, -0.25) is 9.59 Å². The second-order valence-corrected chi connectivity index (χ2v) is 10.6. The van der Waals surface area contributed by atoms with Crippen molar-refractivity contribution >= 4 is 11.7 Å². The van der Waals surface area contributed by atoms with Crippen LogP contribution in [0.3, 0.4) is 0 Å². The number of aromatic nitrogens is 1. The molecular weight excluding hydrogens is 366 g/mol. The van der Waals surface area contributed by atoms with E-state index in [2.05, 4.69) is 10.5 Å². The Morgan fingerprint density at radius 1 is 1.07 bits per heavy atom. The van der Waals surface area contributed by atoms with Gasteiger partial charge >= 0.3 is 0 Å². The fourth-order valence-electron chi connectivity index (χ4n) is 7.29. The summed E-state index contributed by atoms with van der Waals surface area (Å²) in [5.74, 6) is 3.79. The molecule has 0 aliphatic heterocycles. The lowest BCUT2D eigenvalue weighted by molar-refractivity contribution is -0.215. The molecule has 0 radical (unpaired) electrons. The minimum atomic E-state index is -0.108. The van der Waals surface area contributed by atoms with E-state index in [0.717, 1.165) is 70.0 Å². The predicted octanol–water partition coefficient (Wildman–Crippen LogP) is 3.17. The van der Waals surface area contributed by atoms with Crippen LogP contribution < -0.4 is 11.1 Å². The van der Waals surface area contributed by atoms with Crippen LogP contribution in [0, 0.1) is 29.1 Å². The van der Waals surface area contributed by atoms with Crippen molar-refractivity contribution in [2.45, 2.75) is 82.2 Å². The molecule has 6 rings (SSSR count). The van der Waals surface area contributed by atoms with Crippen LogP contribution in [0.5, 0.6) is 0 Å². The standard InChI is InChI=1S/C23H31N3O3/c24-16-5-3-13(4-6-16)21(27)23-10-14-7-17(8-15(11-23)20(14)23)25-22(28)18-9-19(29-26-18)12-1-2-12/h9,12-17,20H,1-8,10-11,24H2,(H,25,28)/t13-,14-,15+,16+,17+,20?,23?. The van der Waals surface area contributed by atoms with Gasteiger partial charge in [0.25, 0.3) is 5.91 Å². The highest BCUT2D eigenvalue weighted by Gasteiger charge is 2.70. The average Bonchev–Trinajstić information content (AvgIpc) is 3.40. The summed E-state index contributed by atoms with van der Waals surface area (Å²) in [4.78, 5) is 25.9. The van der Waals surface area contributed by atoms with E-state index in [1.807, 2.05) is 6.07 Å². The Labute approximate surface area is 171 Å². The molecule has 0 saturated heterocycles. The number of hydrogen-bond acceptors (Lipinski definition) is 5. The summed E-state index contributed by atoms with van der Waals surface area (Å²) in [5, 5.41) is 7.17. The van der Waals surface area contributed by atoms with E-state index in [1.54, 1.807) is 0 Å². The molecule has 1 amide bonds. The number of rotatable bonds is 5. The van der Waals surface area contributed by atoms with Crippen LogP contribution in [-0.4, -0.2) is 28.9 Å². The third-order valence-corrected chi connectivity index (χ3v) is 8.79. The van der Waals surface area contributed by atoms with Gasteiger partial charge in [0.05, 0.1) is 0 Å². The number of nitrogens with zero attached hydrogens (tertiary/aromatic N) is 1. The van der Waals surface area contributed by atoms with Gasteiger partial charge < -0.3 is 15.6 Å². The van der Waals surface area contributed by atoms with Gasteiger partial charge in [-0.25, -0.2) is 0 Å². The maximum absolute atomic E-state index is 13.3. The van der Waals surface area contributed by atoms with Crippen LogP contribution in [0.2, 0.25) is 0 Å². The van der Waals surface area contributed by atoms with Crippen LogP contribution >= 0.6 is 0 Å². The lowest BCUT2D eigenvalue weighted by atomic mass is 9.33. The van der Waals surface area contributed by atoms with E-state index in [1.165, 1.54) is 0 Å². The molecule has 0 bridgehead atoms. The number of Topliss-reactive ketones (excluding diaryl/α,β-unsaturated/α-hetero) is 1. The van der Waals surface area contributed by atoms with Gasteiger partial charge in [0.1, 0.15) is 11.5 Å². The van der Waals surface area contributed by atoms with Crippen molar-refractivity contribution < 1.29 is 14.1 Å². The first-order valence-electron chi connectivity index (χ1n) is 11.6. The summed E-state index contributed by atoms with van der Waals surface area (Å²) >= 11 is 0. The SMILES string of the molecule is N[C@H]1CC[C@@H](C(=O)C23C[C@H]4C[C@H](NC(=O)c5cc(C6CC6)on5)C[C@@H](C2)C43)CC1. The molecule has 6 nitrogen and oxygen atoms in total. The molecule has 0 aromatic carbocycles. The molecule has 156 valence electrons. The second-order valence-electron chi connectivity index (χ2n) is 10.6. The van der Waals surface area contributed by atoms with Crippen LogP contribution in [0.4, 0.5) is 0 Å². The number of ketones is 1. The molecule has 3 N–H and O–H groups in total. The predicted molar refractivity (Wildman–Crippen MR) is 106 cm³/mol. The summed E-state index contributed by atoms with van der Waals surface area (Å²) in [5.41, 5.74) is 6.43. The zero-order valence-electron chi connectivity index (χ0n) is 16.9.